The lowest BCUT2D eigenvalue weighted by Gasteiger charge is -2.49. The molecule has 0 saturated heterocycles. The smallest absolute Gasteiger partial charge is 0.0497 e. The second kappa shape index (κ2) is 9.10. The predicted octanol–water partition coefficient (Wildman–Crippen LogP) is 6.80. The Morgan fingerprint density at radius 3 is 1.30 bits per heavy atom. The Morgan fingerprint density at radius 2 is 1.00 bits per heavy atom. The van der Waals surface area contributed by atoms with E-state index in [1.165, 1.54) is 96.3 Å². The highest BCUT2D eigenvalue weighted by Crippen LogP contribution is 2.69. The van der Waals surface area contributed by atoms with Crippen molar-refractivity contribution in [1.82, 2.24) is 0 Å². The maximum Gasteiger partial charge on any atom is 0.0497 e. The fraction of sp³-hybridized carbons (Fsp3) is 0.952. The van der Waals surface area contributed by atoms with Crippen molar-refractivity contribution in [3.05, 3.63) is 0 Å². The van der Waals surface area contributed by atoms with E-state index in [1.807, 2.05) is 0 Å². The maximum absolute atomic E-state index is 6.18. The topological polar surface area (TPSA) is 9.23 Å². The average Bonchev–Trinajstić information content (AvgIpc) is 2.65. The summed E-state index contributed by atoms with van der Waals surface area (Å²) in [5.74, 6) is 2.55. The van der Waals surface area contributed by atoms with Crippen LogP contribution in [0.5, 0.6) is 0 Å². The standard InChI is InChI=1S/C21H39OP/c1-2-22-18-23(19-12-6-3-7-13-19,20-14-8-4-9-15-20)21-16-10-5-11-17-21/h18-21H,2-17H2,1H3. The van der Waals surface area contributed by atoms with Crippen LogP contribution in [-0.4, -0.2) is 29.6 Å². The van der Waals surface area contributed by atoms with Gasteiger partial charge in [0.05, 0.1) is 0 Å². The summed E-state index contributed by atoms with van der Waals surface area (Å²) in [6, 6.07) is 0. The van der Waals surface area contributed by atoms with Gasteiger partial charge in [0.2, 0.25) is 0 Å². The Labute approximate surface area is 144 Å². The highest BCUT2D eigenvalue weighted by atomic mass is 31.2. The molecule has 0 aromatic carbocycles. The first kappa shape index (κ1) is 18.1. The Hall–Kier alpha value is 0.260. The van der Waals surface area contributed by atoms with Crippen molar-refractivity contribution >= 4 is 12.9 Å². The summed E-state index contributed by atoms with van der Waals surface area (Å²) in [5.41, 5.74) is 3.07. The van der Waals surface area contributed by atoms with Crippen molar-refractivity contribution in [2.45, 2.75) is 120 Å². The van der Waals surface area contributed by atoms with Crippen molar-refractivity contribution in [1.29, 1.82) is 0 Å². The van der Waals surface area contributed by atoms with Crippen LogP contribution in [0.15, 0.2) is 0 Å². The van der Waals surface area contributed by atoms with Gasteiger partial charge in [0.25, 0.3) is 0 Å². The molecule has 3 aliphatic rings. The molecule has 3 fully saturated rings. The Balaban J connectivity index is 1.95. The van der Waals surface area contributed by atoms with Crippen LogP contribution in [0, 0.1) is 0 Å². The van der Waals surface area contributed by atoms with Gasteiger partial charge in [-0.05, 0) is 62.4 Å². The van der Waals surface area contributed by atoms with Gasteiger partial charge in [-0.2, -0.15) is 0 Å². The van der Waals surface area contributed by atoms with E-state index in [1.54, 1.807) is 0 Å². The molecule has 0 aliphatic heterocycles. The molecular weight excluding hydrogens is 299 g/mol. The first-order valence-corrected chi connectivity index (χ1v) is 12.8. The van der Waals surface area contributed by atoms with Gasteiger partial charge in [-0.15, -0.1) is 0 Å². The highest BCUT2D eigenvalue weighted by molar-refractivity contribution is 7.76. The summed E-state index contributed by atoms with van der Waals surface area (Å²) in [6.07, 6.45) is 22.5. The van der Waals surface area contributed by atoms with Gasteiger partial charge in [-0.1, -0.05) is 64.7 Å². The van der Waals surface area contributed by atoms with Crippen LogP contribution in [0.3, 0.4) is 0 Å². The molecule has 3 saturated carbocycles. The molecule has 23 heavy (non-hydrogen) atoms. The largest absolute Gasteiger partial charge is 0.354 e. The molecule has 0 radical (unpaired) electrons. The normalized spacial score (nSPS) is 26.3. The lowest BCUT2D eigenvalue weighted by Crippen LogP contribution is -2.33. The second-order valence-electron chi connectivity index (χ2n) is 8.33. The minimum Gasteiger partial charge on any atom is -0.354 e. The van der Waals surface area contributed by atoms with Gasteiger partial charge < -0.3 is 4.74 Å². The highest BCUT2D eigenvalue weighted by Gasteiger charge is 2.42. The quantitative estimate of drug-likeness (QED) is 0.501. The number of rotatable bonds is 5. The number of hydrogen-bond acceptors (Lipinski definition) is 1. The third-order valence-electron chi connectivity index (χ3n) is 7.05. The molecule has 0 unspecified atom stereocenters. The Kier molecular flexibility index (Phi) is 7.14. The van der Waals surface area contributed by atoms with E-state index >= 15 is 0 Å². The lowest BCUT2D eigenvalue weighted by molar-refractivity contribution is 0.348. The molecule has 2 heteroatoms. The summed E-state index contributed by atoms with van der Waals surface area (Å²) in [5, 5.41) is 0. The molecule has 3 rings (SSSR count). The van der Waals surface area contributed by atoms with Crippen LogP contribution in [0.25, 0.3) is 0 Å². The average molecular weight is 339 g/mol. The van der Waals surface area contributed by atoms with E-state index in [0.29, 0.717) is 0 Å². The molecule has 0 spiro atoms. The lowest BCUT2D eigenvalue weighted by atomic mass is 9.99. The SMILES string of the molecule is CCOC=P(C1CCCCC1)(C1CCCCC1)C1CCCCC1. The molecule has 0 amide bonds. The summed E-state index contributed by atoms with van der Waals surface area (Å²) in [4.78, 5) is 0. The third kappa shape index (κ3) is 4.09. The van der Waals surface area contributed by atoms with Gasteiger partial charge in [0.1, 0.15) is 0 Å². The van der Waals surface area contributed by atoms with Crippen LogP contribution in [0.4, 0.5) is 0 Å². The minimum absolute atomic E-state index is 0.883. The van der Waals surface area contributed by atoms with Crippen LogP contribution in [0.1, 0.15) is 103 Å². The minimum atomic E-state index is -1.09. The zero-order valence-electron chi connectivity index (χ0n) is 15.5. The van der Waals surface area contributed by atoms with Crippen LogP contribution in [0.2, 0.25) is 0 Å². The van der Waals surface area contributed by atoms with E-state index in [4.69, 9.17) is 4.74 Å². The summed E-state index contributed by atoms with van der Waals surface area (Å²) < 4.78 is 6.18. The molecular formula is C21H39OP. The number of hydrogen-bond donors (Lipinski definition) is 0. The van der Waals surface area contributed by atoms with Crippen molar-refractivity contribution < 1.29 is 4.74 Å². The first-order valence-electron chi connectivity index (χ1n) is 10.7. The maximum atomic E-state index is 6.18. The van der Waals surface area contributed by atoms with Gasteiger partial charge in [0.15, 0.2) is 0 Å². The van der Waals surface area contributed by atoms with E-state index in [0.717, 1.165) is 23.6 Å². The van der Waals surface area contributed by atoms with Gasteiger partial charge in [0, 0.05) is 12.6 Å². The van der Waals surface area contributed by atoms with E-state index in [-0.39, 0.29) is 0 Å². The van der Waals surface area contributed by atoms with Gasteiger partial charge in [-0.25, -0.2) is 0 Å². The molecule has 0 aromatic rings. The number of ether oxygens (including phenoxy) is 1. The van der Waals surface area contributed by atoms with E-state index in [9.17, 15) is 0 Å². The first-order chi connectivity index (χ1) is 11.4. The molecule has 0 atom stereocenters. The third-order valence-corrected chi connectivity index (χ3v) is 12.9. The zero-order valence-corrected chi connectivity index (χ0v) is 16.4. The summed E-state index contributed by atoms with van der Waals surface area (Å²) in [6.45, 7) is 1.98. The molecule has 1 nitrogen and oxygen atoms in total. The van der Waals surface area contributed by atoms with E-state index < -0.39 is 6.89 Å². The van der Waals surface area contributed by atoms with Crippen LogP contribution in [-0.2, 0) is 4.74 Å². The van der Waals surface area contributed by atoms with Gasteiger partial charge >= 0.3 is 0 Å². The van der Waals surface area contributed by atoms with Crippen molar-refractivity contribution in [2.75, 3.05) is 6.61 Å². The summed E-state index contributed by atoms with van der Waals surface area (Å²) >= 11 is 0. The fourth-order valence-corrected chi connectivity index (χ4v) is 12.4. The van der Waals surface area contributed by atoms with Crippen molar-refractivity contribution in [3.8, 4) is 0 Å². The van der Waals surface area contributed by atoms with Crippen molar-refractivity contribution in [3.63, 3.8) is 0 Å². The molecule has 3 aliphatic carbocycles. The fourth-order valence-electron chi connectivity index (χ4n) is 5.94. The second-order valence-corrected chi connectivity index (χ2v) is 12.5. The van der Waals surface area contributed by atoms with Crippen molar-refractivity contribution in [2.24, 2.45) is 0 Å². The predicted molar refractivity (Wildman–Crippen MR) is 105 cm³/mol. The molecule has 0 bridgehead atoms. The molecule has 0 heterocycles. The Bertz CT molecular complexity index is 332. The van der Waals surface area contributed by atoms with E-state index in [2.05, 4.69) is 12.9 Å². The van der Waals surface area contributed by atoms with Crippen LogP contribution >= 0.6 is 6.89 Å². The Morgan fingerprint density at radius 1 is 0.652 bits per heavy atom. The zero-order chi connectivity index (χ0) is 16.0. The van der Waals surface area contributed by atoms with Crippen LogP contribution < -0.4 is 0 Å². The molecule has 0 aromatic heterocycles. The molecule has 134 valence electrons. The monoisotopic (exact) mass is 338 g/mol. The summed E-state index contributed by atoms with van der Waals surface area (Å²) in [7, 11) is 0. The molecule has 0 N–H and O–H groups in total. The van der Waals surface area contributed by atoms with Gasteiger partial charge in [-0.3, -0.25) is 0 Å².